The van der Waals surface area contributed by atoms with E-state index in [2.05, 4.69) is 50.0 Å². The molecule has 0 saturated carbocycles. The molecule has 0 heterocycles. The lowest BCUT2D eigenvalue weighted by atomic mass is 9.81. The molecule has 0 aliphatic carbocycles. The summed E-state index contributed by atoms with van der Waals surface area (Å²) in [5, 5.41) is 9.81. The average molecular weight is 806 g/mol. The molecule has 334 valence electrons. The number of allylic oxidation sites excluding steroid dienone is 4. The Balaban J connectivity index is 5.00. The van der Waals surface area contributed by atoms with Gasteiger partial charge < -0.3 is 24.2 Å². The molecule has 0 aromatic rings. The summed E-state index contributed by atoms with van der Waals surface area (Å²) in [6.07, 6.45) is 40.5. The van der Waals surface area contributed by atoms with Crippen molar-refractivity contribution in [3.63, 3.8) is 0 Å². The van der Waals surface area contributed by atoms with Crippen LogP contribution in [0.3, 0.4) is 0 Å². The SMILES string of the molecule is CCCCCC=CCC=CCCCCCCCCC(CCCOC(=O)C(CC(=O)O)C(CCCCCCCC)CCCCCCCC)OC(=O)OCCCN(C)C. The number of carboxylic acid groups (broad SMARTS) is 1. The van der Waals surface area contributed by atoms with Crippen LogP contribution >= 0.6 is 0 Å². The molecule has 0 radical (unpaired) electrons. The van der Waals surface area contributed by atoms with Crippen LogP contribution in [0.25, 0.3) is 0 Å². The molecule has 0 aromatic carbocycles. The van der Waals surface area contributed by atoms with Crippen LogP contribution in [-0.2, 0) is 23.8 Å². The molecular weight excluding hydrogens is 715 g/mol. The van der Waals surface area contributed by atoms with Crippen LogP contribution in [0.15, 0.2) is 24.3 Å². The van der Waals surface area contributed by atoms with Crippen molar-refractivity contribution < 1.29 is 33.7 Å². The van der Waals surface area contributed by atoms with Gasteiger partial charge in [0.2, 0.25) is 0 Å². The van der Waals surface area contributed by atoms with Crippen molar-refractivity contribution >= 4 is 18.1 Å². The second kappa shape index (κ2) is 41.8. The Hall–Kier alpha value is -2.35. The van der Waals surface area contributed by atoms with E-state index >= 15 is 0 Å². The molecule has 0 aliphatic rings. The van der Waals surface area contributed by atoms with Gasteiger partial charge in [0.05, 0.1) is 25.6 Å². The van der Waals surface area contributed by atoms with Gasteiger partial charge in [-0.3, -0.25) is 9.59 Å². The summed E-state index contributed by atoms with van der Waals surface area (Å²) in [5.74, 6) is -1.94. The predicted molar refractivity (Wildman–Crippen MR) is 239 cm³/mol. The first-order chi connectivity index (χ1) is 27.7. The molecule has 8 nitrogen and oxygen atoms in total. The van der Waals surface area contributed by atoms with Gasteiger partial charge >= 0.3 is 18.1 Å². The number of carbonyl (C=O) groups excluding carboxylic acids is 2. The Morgan fingerprint density at radius 3 is 1.54 bits per heavy atom. The van der Waals surface area contributed by atoms with Crippen LogP contribution in [-0.4, -0.2) is 68.1 Å². The van der Waals surface area contributed by atoms with Crippen molar-refractivity contribution in [2.45, 2.75) is 226 Å². The summed E-state index contributed by atoms with van der Waals surface area (Å²) < 4.78 is 17.0. The first-order valence-corrected chi connectivity index (χ1v) is 23.9. The van der Waals surface area contributed by atoms with Gasteiger partial charge in [0.25, 0.3) is 0 Å². The Morgan fingerprint density at radius 2 is 1.00 bits per heavy atom. The standard InChI is InChI=1S/C49H91NO7/c1-6-9-12-15-18-19-20-21-22-23-24-25-26-27-30-33-38-45(57-49(54)56-42-35-40-50(4)5)39-34-41-55-48(53)46(43-47(51)52)44(36-31-28-16-13-10-7-2)37-32-29-17-14-11-8-3/h18-19,21-22,44-46H,6-17,20,23-43H2,1-5H3,(H,51,52). The maximum atomic E-state index is 13.5. The van der Waals surface area contributed by atoms with E-state index in [4.69, 9.17) is 14.2 Å². The molecule has 0 amide bonds. The van der Waals surface area contributed by atoms with Crippen LogP contribution < -0.4 is 0 Å². The third-order valence-electron chi connectivity index (χ3n) is 11.0. The van der Waals surface area contributed by atoms with Gasteiger partial charge in [-0.1, -0.05) is 161 Å². The smallest absolute Gasteiger partial charge is 0.481 e. The normalized spacial score (nSPS) is 12.9. The predicted octanol–water partition coefficient (Wildman–Crippen LogP) is 14.2. The zero-order valence-electron chi connectivity index (χ0n) is 37.9. The summed E-state index contributed by atoms with van der Waals surface area (Å²) in [5.41, 5.74) is 0. The Kier molecular flexibility index (Phi) is 40.1. The largest absolute Gasteiger partial charge is 0.508 e. The van der Waals surface area contributed by atoms with Crippen LogP contribution in [0, 0.1) is 11.8 Å². The molecule has 2 atom stereocenters. The Bertz CT molecular complexity index is 965. The van der Waals surface area contributed by atoms with E-state index in [0.717, 1.165) is 90.0 Å². The number of rotatable bonds is 42. The van der Waals surface area contributed by atoms with Gasteiger partial charge in [-0.05, 0) is 97.1 Å². The highest BCUT2D eigenvalue weighted by atomic mass is 16.7. The number of carbonyl (C=O) groups is 3. The summed E-state index contributed by atoms with van der Waals surface area (Å²) in [7, 11) is 3.98. The van der Waals surface area contributed by atoms with E-state index in [1.807, 2.05) is 14.1 Å². The molecule has 0 saturated heterocycles. The van der Waals surface area contributed by atoms with Gasteiger partial charge in [-0.15, -0.1) is 0 Å². The minimum atomic E-state index is -0.946. The van der Waals surface area contributed by atoms with Gasteiger partial charge in [-0.2, -0.15) is 0 Å². The van der Waals surface area contributed by atoms with Crippen molar-refractivity contribution in [2.75, 3.05) is 33.9 Å². The second-order valence-corrected chi connectivity index (χ2v) is 16.8. The first-order valence-electron chi connectivity index (χ1n) is 23.9. The minimum Gasteiger partial charge on any atom is -0.481 e. The van der Waals surface area contributed by atoms with Gasteiger partial charge in [0, 0.05) is 6.54 Å². The number of esters is 1. The summed E-state index contributed by atoms with van der Waals surface area (Å²) in [4.78, 5) is 40.1. The fraction of sp³-hybridized carbons (Fsp3) is 0.857. The Morgan fingerprint density at radius 1 is 0.544 bits per heavy atom. The molecule has 0 rings (SSSR count). The third-order valence-corrected chi connectivity index (χ3v) is 11.0. The average Bonchev–Trinajstić information content (AvgIpc) is 3.18. The fourth-order valence-electron chi connectivity index (χ4n) is 7.47. The third kappa shape index (κ3) is 37.7. The molecule has 1 N–H and O–H groups in total. The maximum Gasteiger partial charge on any atom is 0.508 e. The number of ether oxygens (including phenoxy) is 3. The van der Waals surface area contributed by atoms with Crippen molar-refractivity contribution in [3.8, 4) is 0 Å². The quantitative estimate of drug-likeness (QED) is 0.0370. The van der Waals surface area contributed by atoms with Crippen molar-refractivity contribution in [1.82, 2.24) is 4.90 Å². The van der Waals surface area contributed by atoms with E-state index in [9.17, 15) is 19.5 Å². The summed E-state index contributed by atoms with van der Waals surface area (Å²) >= 11 is 0. The zero-order valence-corrected chi connectivity index (χ0v) is 37.9. The van der Waals surface area contributed by atoms with Gasteiger partial charge in [-0.25, -0.2) is 4.79 Å². The molecule has 0 aliphatic heterocycles. The molecule has 0 bridgehead atoms. The molecule has 0 spiro atoms. The van der Waals surface area contributed by atoms with E-state index in [1.165, 1.54) is 96.3 Å². The number of unbranched alkanes of at least 4 members (excludes halogenated alkanes) is 19. The number of nitrogens with zero attached hydrogens (tertiary/aromatic N) is 1. The molecule has 0 aromatic heterocycles. The van der Waals surface area contributed by atoms with Crippen LogP contribution in [0.1, 0.15) is 220 Å². The fourth-order valence-corrected chi connectivity index (χ4v) is 7.47. The highest BCUT2D eigenvalue weighted by Crippen LogP contribution is 2.30. The molecule has 2 unspecified atom stereocenters. The molecule has 0 fully saturated rings. The first kappa shape index (κ1) is 54.6. The monoisotopic (exact) mass is 806 g/mol. The molecule has 57 heavy (non-hydrogen) atoms. The zero-order chi connectivity index (χ0) is 42.0. The number of hydrogen-bond acceptors (Lipinski definition) is 7. The number of carboxylic acids is 1. The molecular formula is C49H91NO7. The van der Waals surface area contributed by atoms with Crippen molar-refractivity contribution in [2.24, 2.45) is 11.8 Å². The van der Waals surface area contributed by atoms with E-state index < -0.39 is 18.0 Å². The second-order valence-electron chi connectivity index (χ2n) is 16.8. The minimum absolute atomic E-state index is 0.0214. The van der Waals surface area contributed by atoms with Crippen LogP contribution in [0.4, 0.5) is 4.79 Å². The van der Waals surface area contributed by atoms with E-state index in [0.29, 0.717) is 19.4 Å². The van der Waals surface area contributed by atoms with Gasteiger partial charge in [0.1, 0.15) is 6.10 Å². The highest BCUT2D eigenvalue weighted by molar-refractivity contribution is 5.79. The van der Waals surface area contributed by atoms with Crippen LogP contribution in [0.5, 0.6) is 0 Å². The number of hydrogen-bond donors (Lipinski definition) is 1. The lowest BCUT2D eigenvalue weighted by Crippen LogP contribution is -2.29. The summed E-state index contributed by atoms with van der Waals surface area (Å²) in [6.45, 7) is 8.01. The lowest BCUT2D eigenvalue weighted by molar-refractivity contribution is -0.155. The molecule has 8 heteroatoms. The van der Waals surface area contributed by atoms with Crippen LogP contribution in [0.2, 0.25) is 0 Å². The van der Waals surface area contributed by atoms with Crippen molar-refractivity contribution in [1.29, 1.82) is 0 Å². The highest BCUT2D eigenvalue weighted by Gasteiger charge is 2.31. The van der Waals surface area contributed by atoms with E-state index in [1.54, 1.807) is 0 Å². The Labute approximate surface area is 351 Å². The topological polar surface area (TPSA) is 102 Å². The number of aliphatic carboxylic acids is 1. The maximum absolute atomic E-state index is 13.5. The lowest BCUT2D eigenvalue weighted by Gasteiger charge is -2.25. The summed E-state index contributed by atoms with van der Waals surface area (Å²) in [6, 6.07) is 0. The van der Waals surface area contributed by atoms with Gasteiger partial charge in [0.15, 0.2) is 0 Å². The van der Waals surface area contributed by atoms with Crippen molar-refractivity contribution in [3.05, 3.63) is 24.3 Å². The van der Waals surface area contributed by atoms with E-state index in [-0.39, 0.29) is 31.0 Å².